The Morgan fingerprint density at radius 3 is 2.78 bits per heavy atom. The van der Waals surface area contributed by atoms with Gasteiger partial charge in [-0.2, -0.15) is 0 Å². The molecule has 5 nitrogen and oxygen atoms in total. The number of hydrogen-bond acceptors (Lipinski definition) is 5. The molecule has 122 valence electrons. The number of amides is 1. The predicted octanol–water partition coefficient (Wildman–Crippen LogP) is 2.69. The molecule has 1 aromatic heterocycles. The summed E-state index contributed by atoms with van der Waals surface area (Å²) in [6.45, 7) is 5.86. The highest BCUT2D eigenvalue weighted by Crippen LogP contribution is 2.30. The lowest BCUT2D eigenvalue weighted by Gasteiger charge is -2.14. The Hall–Kier alpha value is -1.92. The quantitative estimate of drug-likeness (QED) is 0.935. The second-order valence-corrected chi connectivity index (χ2v) is 6.69. The molecule has 1 aliphatic heterocycles. The first kappa shape index (κ1) is 16.0. The second-order valence-electron chi connectivity index (χ2n) is 5.69. The molecular formula is C17H21N3O2S. The summed E-state index contributed by atoms with van der Waals surface area (Å²) in [6.07, 6.45) is 0.870. The first-order chi connectivity index (χ1) is 11.1. The molecule has 1 aromatic carbocycles. The average Bonchev–Trinajstić information content (AvgIpc) is 3.14. The zero-order valence-electron chi connectivity index (χ0n) is 13.4. The minimum absolute atomic E-state index is 0.0464. The maximum atomic E-state index is 12.6. The lowest BCUT2D eigenvalue weighted by molar-refractivity contribution is 0.0794. The van der Waals surface area contributed by atoms with Gasteiger partial charge in [0.25, 0.3) is 5.91 Å². The highest BCUT2D eigenvalue weighted by atomic mass is 32.1. The van der Waals surface area contributed by atoms with Crippen molar-refractivity contribution in [1.82, 2.24) is 9.88 Å². The van der Waals surface area contributed by atoms with E-state index in [4.69, 9.17) is 10.5 Å². The van der Waals surface area contributed by atoms with E-state index in [9.17, 15) is 4.79 Å². The Kier molecular flexibility index (Phi) is 4.63. The van der Waals surface area contributed by atoms with Gasteiger partial charge in [-0.1, -0.05) is 0 Å². The maximum Gasteiger partial charge on any atom is 0.265 e. The van der Waals surface area contributed by atoms with Crippen LogP contribution in [0.5, 0.6) is 5.75 Å². The smallest absolute Gasteiger partial charge is 0.265 e. The van der Waals surface area contributed by atoms with E-state index in [2.05, 4.69) is 4.98 Å². The molecule has 0 bridgehead atoms. The van der Waals surface area contributed by atoms with Gasteiger partial charge in [-0.3, -0.25) is 4.79 Å². The molecule has 1 amide bonds. The minimum Gasteiger partial charge on any atom is -0.494 e. The molecular weight excluding hydrogens is 310 g/mol. The Morgan fingerprint density at radius 1 is 1.43 bits per heavy atom. The van der Waals surface area contributed by atoms with Crippen molar-refractivity contribution in [3.63, 3.8) is 0 Å². The fourth-order valence-corrected chi connectivity index (χ4v) is 3.73. The Morgan fingerprint density at radius 2 is 2.17 bits per heavy atom. The molecule has 2 heterocycles. The minimum atomic E-state index is 0.0464. The molecule has 0 saturated carbocycles. The molecule has 23 heavy (non-hydrogen) atoms. The summed E-state index contributed by atoms with van der Waals surface area (Å²) in [7, 11) is 0. The molecule has 0 spiro atoms. The van der Waals surface area contributed by atoms with E-state index in [0.29, 0.717) is 18.0 Å². The van der Waals surface area contributed by atoms with Crippen LogP contribution in [0.4, 0.5) is 0 Å². The van der Waals surface area contributed by atoms with E-state index in [1.54, 1.807) is 0 Å². The fraction of sp³-hybridized carbons (Fsp3) is 0.412. The summed E-state index contributed by atoms with van der Waals surface area (Å²) in [4.78, 5) is 19.7. The molecule has 2 aromatic rings. The van der Waals surface area contributed by atoms with Crippen molar-refractivity contribution in [2.24, 2.45) is 5.73 Å². The van der Waals surface area contributed by atoms with Crippen molar-refractivity contribution in [3.05, 3.63) is 34.8 Å². The molecule has 3 rings (SSSR count). The van der Waals surface area contributed by atoms with Crippen LogP contribution in [0.3, 0.4) is 0 Å². The second kappa shape index (κ2) is 6.68. The van der Waals surface area contributed by atoms with Gasteiger partial charge in [-0.15, -0.1) is 11.3 Å². The summed E-state index contributed by atoms with van der Waals surface area (Å²) < 4.78 is 5.45. The molecule has 1 aliphatic rings. The third kappa shape index (κ3) is 3.38. The van der Waals surface area contributed by atoms with E-state index in [0.717, 1.165) is 35.0 Å². The standard InChI is InChI=1S/C17H21N3O2S/c1-3-22-14-6-4-12(5-7-14)16-19-11(2)15(23-16)17(21)20-9-8-13(18)10-20/h4-7,13H,3,8-10,18H2,1-2H3/t13-/m0/s1. The lowest BCUT2D eigenvalue weighted by Crippen LogP contribution is -2.31. The Balaban J connectivity index is 1.81. The van der Waals surface area contributed by atoms with Crippen LogP contribution >= 0.6 is 11.3 Å². The van der Waals surface area contributed by atoms with Gasteiger partial charge in [0, 0.05) is 24.7 Å². The summed E-state index contributed by atoms with van der Waals surface area (Å²) in [6, 6.07) is 7.90. The maximum absolute atomic E-state index is 12.6. The molecule has 2 N–H and O–H groups in total. The van der Waals surface area contributed by atoms with E-state index < -0.39 is 0 Å². The highest BCUT2D eigenvalue weighted by molar-refractivity contribution is 7.17. The number of aryl methyl sites for hydroxylation is 1. The van der Waals surface area contributed by atoms with Crippen LogP contribution in [-0.2, 0) is 0 Å². The first-order valence-corrected chi connectivity index (χ1v) is 8.65. The van der Waals surface area contributed by atoms with Gasteiger partial charge in [0.05, 0.1) is 12.3 Å². The van der Waals surface area contributed by atoms with Gasteiger partial charge in [0.1, 0.15) is 15.6 Å². The third-order valence-corrected chi connectivity index (χ3v) is 5.11. The number of aromatic nitrogens is 1. The van der Waals surface area contributed by atoms with E-state index >= 15 is 0 Å². The monoisotopic (exact) mass is 331 g/mol. The zero-order chi connectivity index (χ0) is 16.4. The van der Waals surface area contributed by atoms with Gasteiger partial charge >= 0.3 is 0 Å². The summed E-state index contributed by atoms with van der Waals surface area (Å²) in [5.74, 6) is 0.886. The van der Waals surface area contributed by atoms with Crippen molar-refractivity contribution in [2.45, 2.75) is 26.3 Å². The highest BCUT2D eigenvalue weighted by Gasteiger charge is 2.27. The van der Waals surface area contributed by atoms with Crippen LogP contribution < -0.4 is 10.5 Å². The van der Waals surface area contributed by atoms with Crippen molar-refractivity contribution in [1.29, 1.82) is 0 Å². The molecule has 0 unspecified atom stereocenters. The van der Waals surface area contributed by atoms with E-state index in [1.165, 1.54) is 11.3 Å². The lowest BCUT2D eigenvalue weighted by atomic mass is 10.2. The van der Waals surface area contributed by atoms with Crippen molar-refractivity contribution >= 4 is 17.2 Å². The predicted molar refractivity (Wildman–Crippen MR) is 92.0 cm³/mol. The number of hydrogen-bond donors (Lipinski definition) is 1. The number of carbonyl (C=O) groups excluding carboxylic acids is 1. The van der Waals surface area contributed by atoms with Crippen LogP contribution in [0.25, 0.3) is 10.6 Å². The largest absolute Gasteiger partial charge is 0.494 e. The summed E-state index contributed by atoms with van der Waals surface area (Å²) in [5.41, 5.74) is 7.68. The molecule has 1 fully saturated rings. The number of likely N-dealkylation sites (tertiary alicyclic amines) is 1. The van der Waals surface area contributed by atoms with Crippen LogP contribution in [0, 0.1) is 6.92 Å². The number of nitrogens with zero attached hydrogens (tertiary/aromatic N) is 2. The van der Waals surface area contributed by atoms with Crippen molar-refractivity contribution in [2.75, 3.05) is 19.7 Å². The van der Waals surface area contributed by atoms with Gasteiger partial charge < -0.3 is 15.4 Å². The Labute approximate surface area is 140 Å². The molecule has 1 atom stereocenters. The van der Waals surface area contributed by atoms with Crippen LogP contribution in [0.1, 0.15) is 28.7 Å². The van der Waals surface area contributed by atoms with E-state index in [-0.39, 0.29) is 11.9 Å². The van der Waals surface area contributed by atoms with Crippen molar-refractivity contribution < 1.29 is 9.53 Å². The van der Waals surface area contributed by atoms with Crippen LogP contribution in [0.15, 0.2) is 24.3 Å². The molecule has 6 heteroatoms. The number of ether oxygens (including phenoxy) is 1. The number of nitrogens with two attached hydrogens (primary N) is 1. The fourth-order valence-electron chi connectivity index (χ4n) is 2.69. The van der Waals surface area contributed by atoms with Gasteiger partial charge in [0.2, 0.25) is 0 Å². The van der Waals surface area contributed by atoms with Gasteiger partial charge in [0.15, 0.2) is 0 Å². The Bertz CT molecular complexity index is 696. The van der Waals surface area contributed by atoms with Gasteiger partial charge in [-0.05, 0) is 44.5 Å². The SMILES string of the molecule is CCOc1ccc(-c2nc(C)c(C(=O)N3CC[C@H](N)C3)s2)cc1. The third-order valence-electron chi connectivity index (χ3n) is 3.92. The number of carbonyl (C=O) groups is 1. The molecule has 1 saturated heterocycles. The van der Waals surface area contributed by atoms with Gasteiger partial charge in [-0.25, -0.2) is 4.98 Å². The van der Waals surface area contributed by atoms with E-state index in [1.807, 2.05) is 43.0 Å². The number of rotatable bonds is 4. The van der Waals surface area contributed by atoms with Crippen LogP contribution in [-0.4, -0.2) is 41.5 Å². The summed E-state index contributed by atoms with van der Waals surface area (Å²) >= 11 is 1.44. The summed E-state index contributed by atoms with van der Waals surface area (Å²) in [5, 5.41) is 0.859. The van der Waals surface area contributed by atoms with Crippen LogP contribution in [0.2, 0.25) is 0 Å². The zero-order valence-corrected chi connectivity index (χ0v) is 14.2. The normalized spacial score (nSPS) is 17.5. The number of thiazole rings is 1. The molecule has 0 radical (unpaired) electrons. The average molecular weight is 331 g/mol. The first-order valence-electron chi connectivity index (χ1n) is 7.84. The van der Waals surface area contributed by atoms with Crippen molar-refractivity contribution in [3.8, 4) is 16.3 Å². The molecule has 0 aliphatic carbocycles. The topological polar surface area (TPSA) is 68.5 Å². The number of benzene rings is 1.